The molecule has 3 aromatic rings. The van der Waals surface area contributed by atoms with Crippen molar-refractivity contribution in [2.24, 2.45) is 0 Å². The quantitative estimate of drug-likeness (QED) is 0.105. The van der Waals surface area contributed by atoms with Crippen LogP contribution in [0.3, 0.4) is 0 Å². The normalized spacial score (nSPS) is 12.3. The minimum atomic E-state index is -5.27. The van der Waals surface area contributed by atoms with Crippen molar-refractivity contribution >= 4 is 22.0 Å². The second kappa shape index (κ2) is 11.3. The molecule has 202 valence electrons. The summed E-state index contributed by atoms with van der Waals surface area (Å²) >= 11 is 0. The molecule has 2 aromatic carbocycles. The molecule has 0 spiro atoms. The lowest BCUT2D eigenvalue weighted by Crippen LogP contribution is -2.32. The highest BCUT2D eigenvalue weighted by Crippen LogP contribution is 2.35. The number of hydroxylamine groups is 1. The molecule has 0 saturated heterocycles. The first kappa shape index (κ1) is 28.7. The van der Waals surface area contributed by atoms with Gasteiger partial charge in [-0.25, -0.2) is 31.5 Å². The van der Waals surface area contributed by atoms with E-state index in [1.165, 1.54) is 23.8 Å². The van der Waals surface area contributed by atoms with E-state index in [0.717, 1.165) is 30.5 Å². The molecule has 38 heavy (non-hydrogen) atoms. The molecule has 0 aliphatic rings. The molecule has 0 radical (unpaired) electrons. The fourth-order valence-corrected chi connectivity index (χ4v) is 4.77. The van der Waals surface area contributed by atoms with E-state index in [-0.39, 0.29) is 17.2 Å². The zero-order chi connectivity index (χ0) is 28.3. The molecule has 15 heteroatoms. The average Bonchev–Trinajstić information content (AvgIpc) is 2.88. The molecule has 7 nitrogen and oxygen atoms in total. The lowest BCUT2D eigenvalue weighted by molar-refractivity contribution is -0.138. The van der Waals surface area contributed by atoms with E-state index < -0.39 is 74.5 Å². The van der Waals surface area contributed by atoms with Gasteiger partial charge in [0.25, 0.3) is 5.91 Å². The lowest BCUT2D eigenvalue weighted by atomic mass is 10.0. The van der Waals surface area contributed by atoms with Gasteiger partial charge >= 0.3 is 6.18 Å². The van der Waals surface area contributed by atoms with Gasteiger partial charge in [0.15, 0.2) is 23.3 Å². The van der Waals surface area contributed by atoms with Crippen molar-refractivity contribution < 1.29 is 49.2 Å². The number of hydrogen-bond donors (Lipinski definition) is 2. The van der Waals surface area contributed by atoms with Crippen LogP contribution in [0.2, 0.25) is 0 Å². The number of nitrogens with one attached hydrogen (secondary N) is 1. The van der Waals surface area contributed by atoms with Crippen LogP contribution in [0.15, 0.2) is 59.8 Å². The second-order valence-electron chi connectivity index (χ2n) is 7.66. The van der Waals surface area contributed by atoms with E-state index in [1.54, 1.807) is 0 Å². The third-order valence-corrected chi connectivity index (χ3v) is 6.88. The standard InChI is InChI=1S/C23H16F7N3O4S/c24-17-9-18(21(26)22(27)20(17)25)38(36,37)33(11-14-2-1-7-31-10-14)12-15-5-3-13(4-6-19(34)32-35)8-16(15)23(28,29)30/h1-10,35H,11-12H2,(H,32,34)/b6-4+. The minimum absolute atomic E-state index is 0.107. The molecule has 0 bridgehead atoms. The molecule has 3 rings (SSSR count). The number of halogens is 7. The van der Waals surface area contributed by atoms with E-state index in [0.29, 0.717) is 10.4 Å². The maximum absolute atomic E-state index is 14.4. The van der Waals surface area contributed by atoms with Crippen LogP contribution in [-0.2, 0) is 34.1 Å². The number of aromatic nitrogens is 1. The first-order valence-electron chi connectivity index (χ1n) is 10.3. The number of carbonyl (C=O) groups excluding carboxylic acids is 1. The van der Waals surface area contributed by atoms with Gasteiger partial charge in [0.1, 0.15) is 4.90 Å². The summed E-state index contributed by atoms with van der Waals surface area (Å²) in [6.07, 6.45) is -0.891. The van der Waals surface area contributed by atoms with Crippen LogP contribution in [0.4, 0.5) is 30.7 Å². The topological polar surface area (TPSA) is 99.6 Å². The number of pyridine rings is 1. The van der Waals surface area contributed by atoms with Gasteiger partial charge in [-0.1, -0.05) is 18.2 Å². The molecular weight excluding hydrogens is 547 g/mol. The van der Waals surface area contributed by atoms with Gasteiger partial charge in [-0.2, -0.15) is 17.5 Å². The largest absolute Gasteiger partial charge is 0.416 e. The second-order valence-corrected chi connectivity index (χ2v) is 9.56. The highest BCUT2D eigenvalue weighted by molar-refractivity contribution is 7.89. The number of carbonyl (C=O) groups is 1. The Hall–Kier alpha value is -3.82. The highest BCUT2D eigenvalue weighted by atomic mass is 32.2. The summed E-state index contributed by atoms with van der Waals surface area (Å²) in [5.41, 5.74) is -0.752. The number of alkyl halides is 3. The number of sulfonamides is 1. The van der Waals surface area contributed by atoms with Crippen LogP contribution in [0.5, 0.6) is 0 Å². The summed E-state index contributed by atoms with van der Waals surface area (Å²) in [5, 5.41) is 8.51. The minimum Gasteiger partial charge on any atom is -0.288 e. The molecule has 0 aliphatic heterocycles. The maximum Gasteiger partial charge on any atom is 0.416 e. The Morgan fingerprint density at radius 1 is 1.03 bits per heavy atom. The van der Waals surface area contributed by atoms with Crippen molar-refractivity contribution in [1.29, 1.82) is 0 Å². The summed E-state index contributed by atoms with van der Waals surface area (Å²) in [5.74, 6) is -9.99. The molecule has 1 amide bonds. The number of amides is 1. The van der Waals surface area contributed by atoms with Gasteiger partial charge in [-0.15, -0.1) is 0 Å². The summed E-state index contributed by atoms with van der Waals surface area (Å²) in [4.78, 5) is 13.3. The Balaban J connectivity index is 2.14. The maximum atomic E-state index is 14.4. The summed E-state index contributed by atoms with van der Waals surface area (Å²) < 4.78 is 124. The molecule has 0 fully saturated rings. The first-order chi connectivity index (χ1) is 17.8. The lowest BCUT2D eigenvalue weighted by Gasteiger charge is -2.24. The van der Waals surface area contributed by atoms with Gasteiger partial charge in [-0.05, 0) is 34.9 Å². The fraction of sp³-hybridized carbons (Fsp3) is 0.130. The van der Waals surface area contributed by atoms with Crippen molar-refractivity contribution in [3.05, 3.63) is 100 Å². The number of nitrogens with zero attached hydrogens (tertiary/aromatic N) is 2. The molecule has 0 saturated carbocycles. The number of benzene rings is 2. The van der Waals surface area contributed by atoms with E-state index >= 15 is 0 Å². The molecule has 2 N–H and O–H groups in total. The van der Waals surface area contributed by atoms with Crippen LogP contribution in [-0.4, -0.2) is 28.8 Å². The van der Waals surface area contributed by atoms with Crippen molar-refractivity contribution in [3.8, 4) is 0 Å². The van der Waals surface area contributed by atoms with Crippen LogP contribution < -0.4 is 5.48 Å². The molecule has 1 heterocycles. The Morgan fingerprint density at radius 2 is 1.74 bits per heavy atom. The molecule has 0 aliphatic carbocycles. The van der Waals surface area contributed by atoms with Gasteiger partial charge in [-0.3, -0.25) is 15.0 Å². The van der Waals surface area contributed by atoms with Crippen molar-refractivity contribution in [3.63, 3.8) is 0 Å². The Morgan fingerprint density at radius 3 is 2.34 bits per heavy atom. The van der Waals surface area contributed by atoms with Crippen LogP contribution in [0, 0.1) is 23.3 Å². The van der Waals surface area contributed by atoms with Crippen LogP contribution in [0.1, 0.15) is 22.3 Å². The van der Waals surface area contributed by atoms with Crippen molar-refractivity contribution in [2.45, 2.75) is 24.2 Å². The number of rotatable bonds is 8. The van der Waals surface area contributed by atoms with Gasteiger partial charge in [0, 0.05) is 37.6 Å². The first-order valence-corrected chi connectivity index (χ1v) is 11.7. The fourth-order valence-electron chi connectivity index (χ4n) is 3.30. The van der Waals surface area contributed by atoms with Gasteiger partial charge < -0.3 is 0 Å². The van der Waals surface area contributed by atoms with Gasteiger partial charge in [0.2, 0.25) is 10.0 Å². The monoisotopic (exact) mass is 563 g/mol. The van der Waals surface area contributed by atoms with E-state index in [9.17, 15) is 43.9 Å². The molecule has 0 unspecified atom stereocenters. The van der Waals surface area contributed by atoms with E-state index in [2.05, 4.69) is 4.98 Å². The highest BCUT2D eigenvalue weighted by Gasteiger charge is 2.37. The summed E-state index contributed by atoms with van der Waals surface area (Å²) in [7, 11) is -5.27. The summed E-state index contributed by atoms with van der Waals surface area (Å²) in [6.45, 7) is -1.76. The third-order valence-electron chi connectivity index (χ3n) is 5.09. The van der Waals surface area contributed by atoms with Crippen LogP contribution >= 0.6 is 0 Å². The van der Waals surface area contributed by atoms with E-state index in [1.807, 2.05) is 0 Å². The van der Waals surface area contributed by atoms with Gasteiger partial charge in [0.05, 0.1) is 5.56 Å². The van der Waals surface area contributed by atoms with Crippen molar-refractivity contribution in [2.75, 3.05) is 0 Å². The summed E-state index contributed by atoms with van der Waals surface area (Å²) in [6, 6.07) is 5.18. The van der Waals surface area contributed by atoms with Crippen molar-refractivity contribution in [1.82, 2.24) is 14.8 Å². The SMILES string of the molecule is O=C(/C=C/c1ccc(CN(Cc2cccnc2)S(=O)(=O)c2cc(F)c(F)c(F)c2F)c(C(F)(F)F)c1)NO. The number of hydrogen-bond acceptors (Lipinski definition) is 5. The Bertz CT molecular complexity index is 1480. The average molecular weight is 563 g/mol. The smallest absolute Gasteiger partial charge is 0.288 e. The molecular formula is C23H16F7N3O4S. The Kier molecular flexibility index (Phi) is 8.54. The third kappa shape index (κ3) is 6.35. The predicted octanol–water partition coefficient (Wildman–Crippen LogP) is 4.57. The van der Waals surface area contributed by atoms with Crippen LogP contribution in [0.25, 0.3) is 6.08 Å². The molecule has 0 atom stereocenters. The zero-order valence-corrected chi connectivity index (χ0v) is 19.6. The predicted molar refractivity (Wildman–Crippen MR) is 117 cm³/mol. The molecule has 1 aromatic heterocycles. The van der Waals surface area contributed by atoms with E-state index in [4.69, 9.17) is 5.21 Å². The Labute approximate surface area is 210 Å². The zero-order valence-electron chi connectivity index (χ0n) is 18.8.